The first kappa shape index (κ1) is 45.8. The average Bonchev–Trinajstić information content (AvgIpc) is 4.18. The summed E-state index contributed by atoms with van der Waals surface area (Å²) in [6, 6.07) is 77.0. The van der Waals surface area contributed by atoms with Gasteiger partial charge in [-0.2, -0.15) is 5.26 Å². The van der Waals surface area contributed by atoms with Crippen LogP contribution in [0, 0.1) is 23.0 Å². The molecule has 11 heteroatoms. The maximum Gasteiger partial charge on any atom is 0.164 e. The summed E-state index contributed by atoms with van der Waals surface area (Å²) in [5.74, 6) is 1.45. The van der Waals surface area contributed by atoms with Crippen molar-refractivity contribution in [1.29, 1.82) is 5.26 Å². The van der Waals surface area contributed by atoms with Crippen molar-refractivity contribution in [3.8, 4) is 96.9 Å². The van der Waals surface area contributed by atoms with Gasteiger partial charge in [-0.05, 0) is 54.1 Å². The van der Waals surface area contributed by atoms with Crippen molar-refractivity contribution in [1.82, 2.24) is 39.0 Å². The van der Waals surface area contributed by atoms with Gasteiger partial charge in [0, 0.05) is 66.6 Å². The molecule has 14 rings (SSSR count). The summed E-state index contributed by atoms with van der Waals surface area (Å²) in [5, 5.41) is 14.8. The van der Waals surface area contributed by atoms with Gasteiger partial charge in [0.25, 0.3) is 0 Å². The number of para-hydroxylation sites is 2. The molecule has 0 atom stereocenters. The van der Waals surface area contributed by atoms with Crippen LogP contribution in [-0.2, 0) is 0 Å². The van der Waals surface area contributed by atoms with Crippen molar-refractivity contribution < 1.29 is 8.78 Å². The fourth-order valence-corrected chi connectivity index (χ4v) is 10.6. The van der Waals surface area contributed by atoms with Crippen LogP contribution in [0.1, 0.15) is 5.56 Å². The van der Waals surface area contributed by atoms with Crippen LogP contribution in [0.25, 0.3) is 134 Å². The van der Waals surface area contributed by atoms with E-state index < -0.39 is 11.6 Å². The molecule has 0 aliphatic carbocycles. The highest BCUT2D eigenvalue weighted by Crippen LogP contribution is 2.44. The fraction of sp³-hybridized carbons (Fsp3) is 0. The Bertz CT molecular complexity index is 4300. The monoisotopic (exact) mass is 1010 g/mol. The van der Waals surface area contributed by atoms with Crippen LogP contribution in [0.4, 0.5) is 8.78 Å². The number of nitrogens with zero attached hydrogens (tertiary/aromatic N) is 9. The summed E-state index contributed by atoms with van der Waals surface area (Å²) in [6.45, 7) is 0. The van der Waals surface area contributed by atoms with Crippen molar-refractivity contribution >= 4 is 43.6 Å². The summed E-state index contributed by atoms with van der Waals surface area (Å²) in [5.41, 5.74) is 9.94. The van der Waals surface area contributed by atoms with Crippen LogP contribution in [0.2, 0.25) is 0 Å². The Hall–Kier alpha value is -10.8. The molecule has 0 amide bonds. The Morgan fingerprint density at radius 2 is 0.615 bits per heavy atom. The first-order valence-corrected chi connectivity index (χ1v) is 25.3. The molecule has 0 bridgehead atoms. The molecule has 0 aliphatic heterocycles. The lowest BCUT2D eigenvalue weighted by Crippen LogP contribution is -2.06. The second-order valence-corrected chi connectivity index (χ2v) is 18.9. The third-order valence-corrected chi connectivity index (χ3v) is 14.1. The third-order valence-electron chi connectivity index (χ3n) is 14.1. The number of halogens is 2. The molecule has 0 N–H and O–H groups in total. The van der Waals surface area contributed by atoms with Gasteiger partial charge in [-0.25, -0.2) is 38.7 Å². The van der Waals surface area contributed by atoms with Gasteiger partial charge in [0.2, 0.25) is 0 Å². The Balaban J connectivity index is 1.05. The van der Waals surface area contributed by atoms with E-state index in [0.29, 0.717) is 68.6 Å². The van der Waals surface area contributed by atoms with Gasteiger partial charge in [-0.1, -0.05) is 182 Å². The summed E-state index contributed by atoms with van der Waals surface area (Å²) in [6.07, 6.45) is 0. The zero-order valence-electron chi connectivity index (χ0n) is 41.3. The minimum absolute atomic E-state index is 0.265. The highest BCUT2D eigenvalue weighted by Gasteiger charge is 2.26. The van der Waals surface area contributed by atoms with Gasteiger partial charge in [0.05, 0.1) is 45.1 Å². The van der Waals surface area contributed by atoms with Gasteiger partial charge < -0.3 is 9.13 Å². The third kappa shape index (κ3) is 8.00. The Morgan fingerprint density at radius 3 is 0.974 bits per heavy atom. The molecule has 0 aliphatic rings. The molecule has 0 radical (unpaired) electrons. The van der Waals surface area contributed by atoms with Crippen LogP contribution in [0.3, 0.4) is 0 Å². The van der Waals surface area contributed by atoms with E-state index in [1.165, 1.54) is 12.1 Å². The number of rotatable bonds is 9. The maximum absolute atomic E-state index is 16.0. The predicted molar refractivity (Wildman–Crippen MR) is 305 cm³/mol. The molecule has 366 valence electrons. The van der Waals surface area contributed by atoms with E-state index in [0.717, 1.165) is 71.9 Å². The van der Waals surface area contributed by atoms with Gasteiger partial charge in [-0.3, -0.25) is 0 Å². The van der Waals surface area contributed by atoms with Crippen molar-refractivity contribution in [2.75, 3.05) is 0 Å². The quantitative estimate of drug-likeness (QED) is 0.142. The van der Waals surface area contributed by atoms with Crippen molar-refractivity contribution in [2.24, 2.45) is 0 Å². The average molecular weight is 1010 g/mol. The maximum atomic E-state index is 16.0. The Kier molecular flexibility index (Phi) is 11.0. The molecule has 0 spiro atoms. The molecule has 4 aromatic heterocycles. The lowest BCUT2D eigenvalue weighted by Gasteiger charge is -2.21. The van der Waals surface area contributed by atoms with E-state index in [2.05, 4.69) is 39.5 Å². The minimum atomic E-state index is -0.753. The van der Waals surface area contributed by atoms with Gasteiger partial charge >= 0.3 is 0 Å². The van der Waals surface area contributed by atoms with E-state index in [1.54, 1.807) is 12.1 Å². The number of hydrogen-bond acceptors (Lipinski definition) is 7. The van der Waals surface area contributed by atoms with E-state index in [9.17, 15) is 5.26 Å². The standard InChI is InChI=1S/C67H39F2N9/c68-49-35-48(36-50(69)39-49)61-59(77-55-27-15-13-25-51(55)53-31-29-46(37-57(53)77)66-73-62(42-17-5-1-6-18-42)71-63(74-66)43-19-7-2-8-20-43)33-41(40-70)34-60(61)78-56-28-16-14-26-52(56)54-32-30-47(38-58(54)78)67-75-64(44-21-9-3-10-22-44)72-65(76-67)45-23-11-4-12-24-45/h1-39H. The molecular weight excluding hydrogens is 969 g/mol. The van der Waals surface area contributed by atoms with Gasteiger partial charge in [-0.15, -0.1) is 0 Å². The molecule has 14 aromatic rings. The fourth-order valence-electron chi connectivity index (χ4n) is 10.6. The van der Waals surface area contributed by atoms with Crippen LogP contribution in [0.5, 0.6) is 0 Å². The topological polar surface area (TPSA) is 111 Å². The summed E-state index contributed by atoms with van der Waals surface area (Å²) < 4.78 is 36.1. The Morgan fingerprint density at radius 1 is 0.295 bits per heavy atom. The molecule has 4 heterocycles. The molecule has 78 heavy (non-hydrogen) atoms. The lowest BCUT2D eigenvalue weighted by molar-refractivity contribution is 0.584. The first-order chi connectivity index (χ1) is 38.4. The lowest BCUT2D eigenvalue weighted by atomic mass is 9.97. The van der Waals surface area contributed by atoms with Crippen molar-refractivity contribution in [2.45, 2.75) is 0 Å². The van der Waals surface area contributed by atoms with Gasteiger partial charge in [0.15, 0.2) is 34.9 Å². The SMILES string of the molecule is N#Cc1cc(-n2c3ccccc3c3ccc(-c4nc(-c5ccccc5)nc(-c5ccccc5)n4)cc32)c(-c2cc(F)cc(F)c2)c(-n2c3ccccc3c3ccc(-c4nc(-c5ccccc5)nc(-c5ccccc5)n4)cc32)c1. The van der Waals surface area contributed by atoms with Crippen molar-refractivity contribution in [3.63, 3.8) is 0 Å². The highest BCUT2D eigenvalue weighted by atomic mass is 19.1. The smallest absolute Gasteiger partial charge is 0.164 e. The highest BCUT2D eigenvalue weighted by molar-refractivity contribution is 6.13. The molecule has 10 aromatic carbocycles. The zero-order valence-corrected chi connectivity index (χ0v) is 41.3. The summed E-state index contributed by atoms with van der Waals surface area (Å²) in [7, 11) is 0. The van der Waals surface area contributed by atoms with Crippen LogP contribution >= 0.6 is 0 Å². The second-order valence-electron chi connectivity index (χ2n) is 18.9. The van der Waals surface area contributed by atoms with E-state index >= 15 is 8.78 Å². The van der Waals surface area contributed by atoms with E-state index in [1.807, 2.05) is 182 Å². The van der Waals surface area contributed by atoms with Gasteiger partial charge in [0.1, 0.15) is 11.6 Å². The van der Waals surface area contributed by atoms with Crippen molar-refractivity contribution in [3.05, 3.63) is 254 Å². The molecule has 0 unspecified atom stereocenters. The Labute approximate surface area is 445 Å². The number of nitriles is 1. The van der Waals surface area contributed by atoms with Crippen LogP contribution < -0.4 is 0 Å². The van der Waals surface area contributed by atoms with E-state index in [-0.39, 0.29) is 5.56 Å². The number of fused-ring (bicyclic) bond motifs is 6. The molecule has 0 saturated heterocycles. The van der Waals surface area contributed by atoms with Crippen LogP contribution in [0.15, 0.2) is 237 Å². The molecule has 0 fully saturated rings. The second kappa shape index (κ2) is 18.8. The summed E-state index contributed by atoms with van der Waals surface area (Å²) in [4.78, 5) is 30.2. The minimum Gasteiger partial charge on any atom is -0.308 e. The number of benzene rings is 10. The molecular formula is C67H39F2N9. The van der Waals surface area contributed by atoms with Crippen LogP contribution in [-0.4, -0.2) is 39.0 Å². The number of hydrogen-bond donors (Lipinski definition) is 0. The summed E-state index contributed by atoms with van der Waals surface area (Å²) >= 11 is 0. The largest absolute Gasteiger partial charge is 0.308 e. The first-order valence-electron chi connectivity index (χ1n) is 25.3. The molecule has 9 nitrogen and oxygen atoms in total. The predicted octanol–water partition coefficient (Wildman–Crippen LogP) is 16.1. The zero-order chi connectivity index (χ0) is 52.3. The normalized spacial score (nSPS) is 11.4. The van der Waals surface area contributed by atoms with E-state index in [4.69, 9.17) is 29.9 Å². The molecule has 0 saturated carbocycles. The number of aromatic nitrogens is 8.